The molecule has 0 radical (unpaired) electrons. The summed E-state index contributed by atoms with van der Waals surface area (Å²) in [5.74, 6) is -0.388. The Kier molecular flexibility index (Phi) is 4.07. The molecular formula is C10H12FNO2. The van der Waals surface area contributed by atoms with Crippen molar-refractivity contribution >= 4 is 11.6 Å². The third kappa shape index (κ3) is 3.53. The summed E-state index contributed by atoms with van der Waals surface area (Å²) < 4.78 is 11.9. The molecule has 0 aliphatic carbocycles. The summed E-state index contributed by atoms with van der Waals surface area (Å²) in [5.41, 5.74) is 0.642. The highest BCUT2D eigenvalue weighted by Crippen LogP contribution is 2.06. The van der Waals surface area contributed by atoms with Gasteiger partial charge in [0.05, 0.1) is 12.5 Å². The Morgan fingerprint density at radius 1 is 1.43 bits per heavy atom. The highest BCUT2D eigenvalue weighted by molar-refractivity contribution is 5.90. The predicted molar refractivity (Wildman–Crippen MR) is 51.7 cm³/mol. The number of halogens is 1. The minimum atomic E-state index is -1.21. The van der Waals surface area contributed by atoms with E-state index in [-0.39, 0.29) is 12.3 Å². The lowest BCUT2D eigenvalue weighted by Crippen LogP contribution is -2.20. The monoisotopic (exact) mass is 197 g/mol. The van der Waals surface area contributed by atoms with Crippen molar-refractivity contribution in [3.05, 3.63) is 30.3 Å². The number of amides is 1. The van der Waals surface area contributed by atoms with Gasteiger partial charge in [-0.05, 0) is 12.1 Å². The van der Waals surface area contributed by atoms with E-state index in [1.165, 1.54) is 0 Å². The Hall–Kier alpha value is -1.42. The fourth-order valence-electron chi connectivity index (χ4n) is 1.00. The second-order valence-electron chi connectivity index (χ2n) is 2.93. The third-order valence-corrected chi connectivity index (χ3v) is 1.66. The first-order chi connectivity index (χ1) is 6.72. The second-order valence-corrected chi connectivity index (χ2v) is 2.93. The van der Waals surface area contributed by atoms with Crippen LogP contribution in [-0.4, -0.2) is 23.8 Å². The number of hydrogen-bond donors (Lipinski definition) is 2. The van der Waals surface area contributed by atoms with Crippen molar-refractivity contribution in [1.29, 1.82) is 0 Å². The standard InChI is InChI=1S/C10H12FNO2/c11-7-9(13)6-10(14)12-8-4-2-1-3-5-8/h1-5,9,13H,6-7H2,(H,12,14)/t9-/m1/s1. The summed E-state index contributed by atoms with van der Waals surface area (Å²) in [7, 11) is 0. The van der Waals surface area contributed by atoms with Crippen LogP contribution < -0.4 is 5.32 Å². The molecule has 3 nitrogen and oxygen atoms in total. The Labute approximate surface area is 81.6 Å². The number of carbonyl (C=O) groups excluding carboxylic acids is 1. The van der Waals surface area contributed by atoms with Gasteiger partial charge in [-0.25, -0.2) is 4.39 Å². The van der Waals surface area contributed by atoms with E-state index in [2.05, 4.69) is 5.32 Å². The molecule has 1 aromatic rings. The number of benzene rings is 1. The molecule has 0 aliphatic rings. The zero-order valence-corrected chi connectivity index (χ0v) is 7.61. The van der Waals surface area contributed by atoms with Gasteiger partial charge < -0.3 is 10.4 Å². The van der Waals surface area contributed by atoms with E-state index >= 15 is 0 Å². The highest BCUT2D eigenvalue weighted by atomic mass is 19.1. The van der Waals surface area contributed by atoms with Crippen LogP contribution >= 0.6 is 0 Å². The van der Waals surface area contributed by atoms with Gasteiger partial charge in [0.15, 0.2) is 0 Å². The highest BCUT2D eigenvalue weighted by Gasteiger charge is 2.09. The maximum atomic E-state index is 11.9. The molecule has 1 atom stereocenters. The largest absolute Gasteiger partial charge is 0.390 e. The normalized spacial score (nSPS) is 12.1. The maximum absolute atomic E-state index is 11.9. The number of para-hydroxylation sites is 1. The first kappa shape index (κ1) is 10.7. The zero-order chi connectivity index (χ0) is 10.4. The molecule has 1 aromatic carbocycles. The zero-order valence-electron chi connectivity index (χ0n) is 7.61. The number of aliphatic hydroxyl groups excluding tert-OH is 1. The molecule has 0 unspecified atom stereocenters. The third-order valence-electron chi connectivity index (χ3n) is 1.66. The van der Waals surface area contributed by atoms with Crippen molar-refractivity contribution in [3.63, 3.8) is 0 Å². The van der Waals surface area contributed by atoms with E-state index < -0.39 is 12.8 Å². The van der Waals surface area contributed by atoms with Crippen LogP contribution in [0.25, 0.3) is 0 Å². The van der Waals surface area contributed by atoms with Gasteiger partial charge in [-0.1, -0.05) is 18.2 Å². The molecule has 14 heavy (non-hydrogen) atoms. The smallest absolute Gasteiger partial charge is 0.227 e. The lowest BCUT2D eigenvalue weighted by molar-refractivity contribution is -0.118. The van der Waals surface area contributed by atoms with Crippen LogP contribution in [0.5, 0.6) is 0 Å². The van der Waals surface area contributed by atoms with E-state index in [1.54, 1.807) is 24.3 Å². The number of alkyl halides is 1. The van der Waals surface area contributed by atoms with Gasteiger partial charge in [0.1, 0.15) is 6.67 Å². The fourth-order valence-corrected chi connectivity index (χ4v) is 1.00. The van der Waals surface area contributed by atoms with Crippen molar-refractivity contribution in [1.82, 2.24) is 0 Å². The van der Waals surface area contributed by atoms with Gasteiger partial charge in [-0.15, -0.1) is 0 Å². The van der Waals surface area contributed by atoms with Gasteiger partial charge >= 0.3 is 0 Å². The summed E-state index contributed by atoms with van der Waals surface area (Å²) in [6.07, 6.45) is -1.43. The lowest BCUT2D eigenvalue weighted by atomic mass is 10.2. The van der Waals surface area contributed by atoms with Crippen LogP contribution in [-0.2, 0) is 4.79 Å². The molecular weight excluding hydrogens is 185 g/mol. The van der Waals surface area contributed by atoms with E-state index in [4.69, 9.17) is 5.11 Å². The van der Waals surface area contributed by atoms with Crippen molar-refractivity contribution in [2.75, 3.05) is 12.0 Å². The number of nitrogens with one attached hydrogen (secondary N) is 1. The van der Waals surface area contributed by atoms with Gasteiger partial charge in [-0.3, -0.25) is 4.79 Å². The van der Waals surface area contributed by atoms with E-state index in [1.807, 2.05) is 6.07 Å². The van der Waals surface area contributed by atoms with Gasteiger partial charge in [0.25, 0.3) is 0 Å². The molecule has 0 spiro atoms. The molecule has 0 heterocycles. The van der Waals surface area contributed by atoms with Crippen molar-refractivity contribution in [2.45, 2.75) is 12.5 Å². The van der Waals surface area contributed by atoms with Gasteiger partial charge in [0, 0.05) is 5.69 Å². The minimum Gasteiger partial charge on any atom is -0.390 e. The summed E-state index contributed by atoms with van der Waals surface area (Å²) in [6.45, 7) is -0.901. The van der Waals surface area contributed by atoms with Gasteiger partial charge in [-0.2, -0.15) is 0 Å². The van der Waals surface area contributed by atoms with Crippen molar-refractivity contribution < 1.29 is 14.3 Å². The van der Waals surface area contributed by atoms with Gasteiger partial charge in [0.2, 0.25) is 5.91 Å². The number of carbonyl (C=O) groups is 1. The fraction of sp³-hybridized carbons (Fsp3) is 0.300. The number of aliphatic hydroxyl groups is 1. The average Bonchev–Trinajstić information content (AvgIpc) is 2.19. The summed E-state index contributed by atoms with van der Waals surface area (Å²) in [5, 5.41) is 11.4. The SMILES string of the molecule is O=C(C[C@@H](O)CF)Nc1ccccc1. The molecule has 0 aliphatic heterocycles. The average molecular weight is 197 g/mol. The molecule has 0 aromatic heterocycles. The predicted octanol–water partition coefficient (Wildman–Crippen LogP) is 1.35. The molecule has 0 fully saturated rings. The molecule has 4 heteroatoms. The molecule has 0 bridgehead atoms. The molecule has 0 saturated heterocycles. The summed E-state index contributed by atoms with van der Waals surface area (Å²) in [6, 6.07) is 8.83. The summed E-state index contributed by atoms with van der Waals surface area (Å²) >= 11 is 0. The lowest BCUT2D eigenvalue weighted by Gasteiger charge is -2.06. The van der Waals surface area contributed by atoms with Crippen LogP contribution in [0.2, 0.25) is 0 Å². The van der Waals surface area contributed by atoms with E-state index in [9.17, 15) is 9.18 Å². The van der Waals surface area contributed by atoms with E-state index in [0.717, 1.165) is 0 Å². The second kappa shape index (κ2) is 5.34. The van der Waals surface area contributed by atoms with Crippen LogP contribution in [0.1, 0.15) is 6.42 Å². The Balaban J connectivity index is 2.42. The van der Waals surface area contributed by atoms with Crippen LogP contribution in [0, 0.1) is 0 Å². The van der Waals surface area contributed by atoms with Crippen molar-refractivity contribution in [3.8, 4) is 0 Å². The molecule has 2 N–H and O–H groups in total. The number of hydrogen-bond acceptors (Lipinski definition) is 2. The first-order valence-electron chi connectivity index (χ1n) is 4.31. The quantitative estimate of drug-likeness (QED) is 0.765. The van der Waals surface area contributed by atoms with Crippen LogP contribution in [0.15, 0.2) is 30.3 Å². The number of anilines is 1. The molecule has 76 valence electrons. The Bertz CT molecular complexity index is 289. The van der Waals surface area contributed by atoms with E-state index in [0.29, 0.717) is 5.69 Å². The first-order valence-corrected chi connectivity index (χ1v) is 4.31. The Morgan fingerprint density at radius 3 is 2.64 bits per heavy atom. The van der Waals surface area contributed by atoms with Crippen molar-refractivity contribution in [2.24, 2.45) is 0 Å². The molecule has 1 amide bonds. The topological polar surface area (TPSA) is 49.3 Å². The van der Waals surface area contributed by atoms with Crippen LogP contribution in [0.4, 0.5) is 10.1 Å². The Morgan fingerprint density at radius 2 is 2.07 bits per heavy atom. The minimum absolute atomic E-state index is 0.217. The number of rotatable bonds is 4. The molecule has 0 saturated carbocycles. The maximum Gasteiger partial charge on any atom is 0.227 e. The molecule has 1 rings (SSSR count). The summed E-state index contributed by atoms with van der Waals surface area (Å²) in [4.78, 5) is 11.1. The van der Waals surface area contributed by atoms with Crippen LogP contribution in [0.3, 0.4) is 0 Å².